The van der Waals surface area contributed by atoms with E-state index in [2.05, 4.69) is 17.0 Å². The van der Waals surface area contributed by atoms with Crippen molar-refractivity contribution < 1.29 is 9.84 Å². The van der Waals surface area contributed by atoms with Crippen LogP contribution in [0.1, 0.15) is 24.8 Å². The van der Waals surface area contributed by atoms with Crippen molar-refractivity contribution in [3.63, 3.8) is 0 Å². The zero-order chi connectivity index (χ0) is 12.8. The van der Waals surface area contributed by atoms with Gasteiger partial charge in [-0.2, -0.15) is 0 Å². The van der Waals surface area contributed by atoms with Gasteiger partial charge in [0.1, 0.15) is 5.75 Å². The minimum atomic E-state index is 0.294. The molecule has 1 aromatic rings. The fourth-order valence-electron chi connectivity index (χ4n) is 2.63. The maximum atomic E-state index is 9.37. The molecule has 1 atom stereocenters. The number of methoxy groups -OCH3 is 1. The number of rotatable bonds is 5. The summed E-state index contributed by atoms with van der Waals surface area (Å²) in [6, 6.07) is 8.63. The Morgan fingerprint density at radius 3 is 2.72 bits per heavy atom. The summed E-state index contributed by atoms with van der Waals surface area (Å²) in [4.78, 5) is 2.42. The van der Waals surface area contributed by atoms with Crippen molar-refractivity contribution in [2.75, 3.05) is 26.8 Å². The molecule has 18 heavy (non-hydrogen) atoms. The zero-order valence-electron chi connectivity index (χ0n) is 11.1. The Morgan fingerprint density at radius 1 is 1.28 bits per heavy atom. The van der Waals surface area contributed by atoms with Crippen LogP contribution in [0.2, 0.25) is 0 Å². The second-order valence-electron chi connectivity index (χ2n) is 4.97. The number of hydrogen-bond acceptors (Lipinski definition) is 3. The number of nitrogens with zero attached hydrogens (tertiary/aromatic N) is 1. The maximum absolute atomic E-state index is 9.37. The minimum absolute atomic E-state index is 0.294. The van der Waals surface area contributed by atoms with E-state index >= 15 is 0 Å². The normalized spacial score (nSPS) is 20.9. The summed E-state index contributed by atoms with van der Waals surface area (Å²) in [7, 11) is 1.69. The van der Waals surface area contributed by atoms with Gasteiger partial charge in [0.25, 0.3) is 0 Å². The van der Waals surface area contributed by atoms with Crippen molar-refractivity contribution in [2.24, 2.45) is 0 Å². The van der Waals surface area contributed by atoms with Crippen molar-refractivity contribution in [1.82, 2.24) is 4.90 Å². The maximum Gasteiger partial charge on any atom is 0.118 e. The summed E-state index contributed by atoms with van der Waals surface area (Å²) < 4.78 is 5.15. The summed E-state index contributed by atoms with van der Waals surface area (Å²) in [5, 5.41) is 9.37. The fraction of sp³-hybridized carbons (Fsp3) is 0.600. The molecule has 1 fully saturated rings. The van der Waals surface area contributed by atoms with E-state index in [9.17, 15) is 5.11 Å². The van der Waals surface area contributed by atoms with Crippen molar-refractivity contribution in [2.45, 2.75) is 31.7 Å². The van der Waals surface area contributed by atoms with Gasteiger partial charge in [0.05, 0.1) is 13.7 Å². The van der Waals surface area contributed by atoms with E-state index < -0.39 is 0 Å². The standard InChI is InChI=1S/C15H23NO2/c1-18-15-7-5-13(6-8-15)9-11-16-10-3-2-4-14(16)12-17/h5-8,14,17H,2-4,9-12H2,1H3. The first-order chi connectivity index (χ1) is 8.83. The highest BCUT2D eigenvalue weighted by Gasteiger charge is 2.20. The predicted molar refractivity (Wildman–Crippen MR) is 73.0 cm³/mol. The molecule has 1 aromatic carbocycles. The Bertz CT molecular complexity index is 350. The molecule has 0 aliphatic carbocycles. The molecule has 1 aliphatic rings. The molecule has 1 unspecified atom stereocenters. The first kappa shape index (κ1) is 13.4. The molecular formula is C15H23NO2. The smallest absolute Gasteiger partial charge is 0.118 e. The van der Waals surface area contributed by atoms with Gasteiger partial charge in [0.15, 0.2) is 0 Å². The SMILES string of the molecule is COc1ccc(CCN2CCCCC2CO)cc1. The topological polar surface area (TPSA) is 32.7 Å². The second kappa shape index (κ2) is 6.76. The largest absolute Gasteiger partial charge is 0.497 e. The van der Waals surface area contributed by atoms with Gasteiger partial charge < -0.3 is 9.84 Å². The van der Waals surface area contributed by atoms with Gasteiger partial charge in [0, 0.05) is 12.6 Å². The molecule has 0 saturated carbocycles. The number of aliphatic hydroxyl groups is 1. The Labute approximate surface area is 109 Å². The van der Waals surface area contributed by atoms with E-state index in [-0.39, 0.29) is 0 Å². The van der Waals surface area contributed by atoms with Crippen LogP contribution in [-0.4, -0.2) is 42.9 Å². The summed E-state index contributed by atoms with van der Waals surface area (Å²) in [6.07, 6.45) is 4.70. The van der Waals surface area contributed by atoms with E-state index in [1.807, 2.05) is 12.1 Å². The number of aliphatic hydroxyl groups excluding tert-OH is 1. The number of ether oxygens (including phenoxy) is 1. The van der Waals surface area contributed by atoms with Crippen LogP contribution < -0.4 is 4.74 Å². The van der Waals surface area contributed by atoms with Crippen LogP contribution in [0.15, 0.2) is 24.3 Å². The van der Waals surface area contributed by atoms with E-state index in [0.29, 0.717) is 12.6 Å². The number of likely N-dealkylation sites (tertiary alicyclic amines) is 1. The summed E-state index contributed by atoms with van der Waals surface area (Å²) >= 11 is 0. The highest BCUT2D eigenvalue weighted by atomic mass is 16.5. The quantitative estimate of drug-likeness (QED) is 0.867. The molecule has 100 valence electrons. The summed E-state index contributed by atoms with van der Waals surface area (Å²) in [5.41, 5.74) is 1.33. The van der Waals surface area contributed by atoms with Crippen molar-refractivity contribution in [3.05, 3.63) is 29.8 Å². The average Bonchev–Trinajstić information content (AvgIpc) is 2.46. The van der Waals surface area contributed by atoms with Crippen LogP contribution in [0.3, 0.4) is 0 Å². The van der Waals surface area contributed by atoms with Gasteiger partial charge in [-0.1, -0.05) is 18.6 Å². The third-order valence-corrected chi connectivity index (χ3v) is 3.81. The molecule has 0 amide bonds. The molecular weight excluding hydrogens is 226 g/mol. The molecule has 0 radical (unpaired) electrons. The number of benzene rings is 1. The first-order valence-corrected chi connectivity index (χ1v) is 6.81. The molecule has 0 aromatic heterocycles. The van der Waals surface area contributed by atoms with Crippen molar-refractivity contribution in [1.29, 1.82) is 0 Å². The third-order valence-electron chi connectivity index (χ3n) is 3.81. The molecule has 1 aliphatic heterocycles. The predicted octanol–water partition coefficient (Wildman–Crippen LogP) is 2.08. The van der Waals surface area contributed by atoms with Crippen LogP contribution in [0, 0.1) is 0 Å². The van der Waals surface area contributed by atoms with Gasteiger partial charge in [0.2, 0.25) is 0 Å². The van der Waals surface area contributed by atoms with Crippen LogP contribution in [0.5, 0.6) is 5.75 Å². The van der Waals surface area contributed by atoms with Gasteiger partial charge >= 0.3 is 0 Å². The Hall–Kier alpha value is -1.06. The molecule has 0 spiro atoms. The highest BCUT2D eigenvalue weighted by Crippen LogP contribution is 2.18. The molecule has 3 nitrogen and oxygen atoms in total. The lowest BCUT2D eigenvalue weighted by atomic mass is 10.0. The fourth-order valence-corrected chi connectivity index (χ4v) is 2.63. The minimum Gasteiger partial charge on any atom is -0.497 e. The van der Waals surface area contributed by atoms with E-state index in [4.69, 9.17) is 4.74 Å². The Balaban J connectivity index is 1.85. The lowest BCUT2D eigenvalue weighted by Gasteiger charge is -2.34. The number of piperidine rings is 1. The van der Waals surface area contributed by atoms with Crippen LogP contribution in [-0.2, 0) is 6.42 Å². The molecule has 1 heterocycles. The van der Waals surface area contributed by atoms with E-state index in [1.165, 1.54) is 18.4 Å². The van der Waals surface area contributed by atoms with Gasteiger partial charge in [-0.25, -0.2) is 0 Å². The van der Waals surface area contributed by atoms with Crippen LogP contribution in [0.25, 0.3) is 0 Å². The lowest BCUT2D eigenvalue weighted by Crippen LogP contribution is -2.42. The van der Waals surface area contributed by atoms with Gasteiger partial charge in [-0.05, 0) is 43.5 Å². The Kier molecular flexibility index (Phi) is 5.02. The van der Waals surface area contributed by atoms with Crippen molar-refractivity contribution >= 4 is 0 Å². The Morgan fingerprint density at radius 2 is 2.06 bits per heavy atom. The molecule has 0 bridgehead atoms. The van der Waals surface area contributed by atoms with Crippen molar-refractivity contribution in [3.8, 4) is 5.75 Å². The zero-order valence-corrected chi connectivity index (χ0v) is 11.1. The lowest BCUT2D eigenvalue weighted by molar-refractivity contribution is 0.0913. The molecule has 1 saturated heterocycles. The van der Waals surface area contributed by atoms with Crippen LogP contribution >= 0.6 is 0 Å². The summed E-state index contributed by atoms with van der Waals surface area (Å²) in [5.74, 6) is 0.907. The van der Waals surface area contributed by atoms with Gasteiger partial charge in [-0.3, -0.25) is 4.90 Å². The first-order valence-electron chi connectivity index (χ1n) is 6.81. The molecule has 1 N–H and O–H groups in total. The van der Waals surface area contributed by atoms with E-state index in [1.54, 1.807) is 7.11 Å². The summed E-state index contributed by atoms with van der Waals surface area (Å²) in [6.45, 7) is 2.46. The highest BCUT2D eigenvalue weighted by molar-refractivity contribution is 5.27. The second-order valence-corrected chi connectivity index (χ2v) is 4.97. The third kappa shape index (κ3) is 3.47. The number of hydrogen-bond donors (Lipinski definition) is 1. The molecule has 2 rings (SSSR count). The monoisotopic (exact) mass is 249 g/mol. The average molecular weight is 249 g/mol. The van der Waals surface area contributed by atoms with Gasteiger partial charge in [-0.15, -0.1) is 0 Å². The van der Waals surface area contributed by atoms with E-state index in [0.717, 1.165) is 31.7 Å². The van der Waals surface area contributed by atoms with Crippen LogP contribution in [0.4, 0.5) is 0 Å². The molecule has 3 heteroatoms.